The van der Waals surface area contributed by atoms with Crippen molar-refractivity contribution in [3.8, 4) is 0 Å². The molecule has 0 bridgehead atoms. The van der Waals surface area contributed by atoms with Crippen LogP contribution < -0.4 is 11.1 Å². The van der Waals surface area contributed by atoms with Gasteiger partial charge in [0.15, 0.2) is 0 Å². The summed E-state index contributed by atoms with van der Waals surface area (Å²) in [4.78, 5) is 0. The maximum atomic E-state index is 12.8. The Morgan fingerprint density at radius 2 is 1.95 bits per heavy atom. The standard InChI is InChI=1S/C13H13F3N2O/c1-8-2-4-10(19-8)7-18-12-5-3-9(17)6-11(12)13(14,15)16/h2-6,18H,7,17H2,1H3. The number of rotatable bonds is 3. The molecule has 0 spiro atoms. The molecule has 1 aromatic carbocycles. The molecule has 0 radical (unpaired) electrons. The Labute approximate surface area is 108 Å². The van der Waals surface area contributed by atoms with Crippen molar-refractivity contribution in [2.24, 2.45) is 0 Å². The molecule has 19 heavy (non-hydrogen) atoms. The molecular formula is C13H13F3N2O. The van der Waals surface area contributed by atoms with E-state index in [9.17, 15) is 13.2 Å². The minimum Gasteiger partial charge on any atom is -0.465 e. The van der Waals surface area contributed by atoms with Gasteiger partial charge in [0.05, 0.1) is 12.1 Å². The Kier molecular flexibility index (Phi) is 3.42. The van der Waals surface area contributed by atoms with Gasteiger partial charge in [-0.25, -0.2) is 0 Å². The summed E-state index contributed by atoms with van der Waals surface area (Å²) >= 11 is 0. The number of halogens is 3. The van der Waals surface area contributed by atoms with Gasteiger partial charge in [-0.1, -0.05) is 0 Å². The van der Waals surface area contributed by atoms with Crippen LogP contribution in [0.3, 0.4) is 0 Å². The molecule has 0 aliphatic carbocycles. The molecule has 0 saturated carbocycles. The number of benzene rings is 1. The zero-order valence-corrected chi connectivity index (χ0v) is 10.2. The molecule has 0 saturated heterocycles. The fourth-order valence-electron chi connectivity index (χ4n) is 1.71. The van der Waals surface area contributed by atoms with E-state index in [1.54, 1.807) is 19.1 Å². The first-order valence-electron chi connectivity index (χ1n) is 5.62. The highest BCUT2D eigenvalue weighted by atomic mass is 19.4. The smallest absolute Gasteiger partial charge is 0.418 e. The molecule has 2 rings (SSSR count). The van der Waals surface area contributed by atoms with E-state index in [4.69, 9.17) is 10.2 Å². The fourth-order valence-corrected chi connectivity index (χ4v) is 1.71. The predicted molar refractivity (Wildman–Crippen MR) is 66.6 cm³/mol. The first kappa shape index (κ1) is 13.3. The summed E-state index contributed by atoms with van der Waals surface area (Å²) in [5, 5.41) is 2.71. The highest BCUT2D eigenvalue weighted by Gasteiger charge is 2.33. The second-order valence-corrected chi connectivity index (χ2v) is 4.17. The zero-order valence-electron chi connectivity index (χ0n) is 10.2. The van der Waals surface area contributed by atoms with Gasteiger partial charge in [0.25, 0.3) is 0 Å². The summed E-state index contributed by atoms with van der Waals surface area (Å²) in [7, 11) is 0. The van der Waals surface area contributed by atoms with Crippen LogP contribution in [0.1, 0.15) is 17.1 Å². The molecule has 6 heteroatoms. The molecule has 0 aliphatic heterocycles. The van der Waals surface area contributed by atoms with Crippen LogP contribution in [0.5, 0.6) is 0 Å². The number of aryl methyl sites for hydroxylation is 1. The number of alkyl halides is 3. The van der Waals surface area contributed by atoms with Crippen molar-refractivity contribution < 1.29 is 17.6 Å². The lowest BCUT2D eigenvalue weighted by Gasteiger charge is -2.14. The van der Waals surface area contributed by atoms with Crippen LogP contribution in [0.15, 0.2) is 34.7 Å². The van der Waals surface area contributed by atoms with Gasteiger partial charge in [0.1, 0.15) is 11.5 Å². The van der Waals surface area contributed by atoms with Gasteiger partial charge in [-0.2, -0.15) is 13.2 Å². The highest BCUT2D eigenvalue weighted by Crippen LogP contribution is 2.36. The molecular weight excluding hydrogens is 257 g/mol. The van der Waals surface area contributed by atoms with Gasteiger partial charge in [0, 0.05) is 11.4 Å². The topological polar surface area (TPSA) is 51.2 Å². The van der Waals surface area contributed by atoms with Gasteiger partial charge in [-0.05, 0) is 37.3 Å². The van der Waals surface area contributed by atoms with Crippen LogP contribution in [-0.2, 0) is 12.7 Å². The molecule has 0 amide bonds. The van der Waals surface area contributed by atoms with Crippen LogP contribution in [0, 0.1) is 6.92 Å². The number of anilines is 2. The molecule has 3 nitrogen and oxygen atoms in total. The summed E-state index contributed by atoms with van der Waals surface area (Å²) in [6, 6.07) is 7.12. The van der Waals surface area contributed by atoms with Crippen LogP contribution in [0.25, 0.3) is 0 Å². The van der Waals surface area contributed by atoms with E-state index in [0.29, 0.717) is 11.5 Å². The average Bonchev–Trinajstić information content (AvgIpc) is 2.72. The maximum absolute atomic E-state index is 12.8. The molecule has 0 fully saturated rings. The van der Waals surface area contributed by atoms with E-state index in [-0.39, 0.29) is 17.9 Å². The summed E-state index contributed by atoms with van der Waals surface area (Å²) in [5.74, 6) is 1.28. The quantitative estimate of drug-likeness (QED) is 0.834. The maximum Gasteiger partial charge on any atom is 0.418 e. The Hall–Kier alpha value is -2.11. The predicted octanol–water partition coefficient (Wildman–Crippen LogP) is 3.80. The third-order valence-corrected chi connectivity index (χ3v) is 2.60. The van der Waals surface area contributed by atoms with Crippen molar-refractivity contribution >= 4 is 11.4 Å². The largest absolute Gasteiger partial charge is 0.465 e. The normalized spacial score (nSPS) is 11.6. The zero-order chi connectivity index (χ0) is 14.0. The summed E-state index contributed by atoms with van der Waals surface area (Å²) in [6.45, 7) is 1.95. The third-order valence-electron chi connectivity index (χ3n) is 2.60. The Bertz CT molecular complexity index is 576. The minimum atomic E-state index is -4.45. The van der Waals surface area contributed by atoms with Crippen LogP contribution >= 0.6 is 0 Å². The summed E-state index contributed by atoms with van der Waals surface area (Å²) < 4.78 is 43.8. The molecule has 0 atom stereocenters. The fraction of sp³-hybridized carbons (Fsp3) is 0.231. The number of furan rings is 1. The van der Waals surface area contributed by atoms with Crippen molar-refractivity contribution in [3.05, 3.63) is 47.4 Å². The summed E-state index contributed by atoms with van der Waals surface area (Å²) in [5.41, 5.74) is 4.66. The molecule has 0 aliphatic rings. The first-order valence-corrected chi connectivity index (χ1v) is 5.62. The number of hydrogen-bond acceptors (Lipinski definition) is 3. The van der Waals surface area contributed by atoms with E-state index in [2.05, 4.69) is 5.32 Å². The highest BCUT2D eigenvalue weighted by molar-refractivity contribution is 5.59. The number of nitrogen functional groups attached to an aromatic ring is 1. The lowest BCUT2D eigenvalue weighted by molar-refractivity contribution is -0.136. The van der Waals surface area contributed by atoms with Crippen molar-refractivity contribution in [3.63, 3.8) is 0 Å². The molecule has 102 valence electrons. The van der Waals surface area contributed by atoms with Gasteiger partial charge in [-0.3, -0.25) is 0 Å². The van der Waals surface area contributed by atoms with E-state index >= 15 is 0 Å². The van der Waals surface area contributed by atoms with E-state index in [0.717, 1.165) is 6.07 Å². The van der Waals surface area contributed by atoms with Crippen molar-refractivity contribution in [1.29, 1.82) is 0 Å². The number of hydrogen-bond donors (Lipinski definition) is 2. The van der Waals surface area contributed by atoms with Gasteiger partial charge < -0.3 is 15.5 Å². The Morgan fingerprint density at radius 1 is 1.21 bits per heavy atom. The molecule has 3 N–H and O–H groups in total. The number of nitrogens with one attached hydrogen (secondary N) is 1. The van der Waals surface area contributed by atoms with Gasteiger partial charge in [-0.15, -0.1) is 0 Å². The number of nitrogens with two attached hydrogens (primary N) is 1. The molecule has 0 unspecified atom stereocenters. The minimum absolute atomic E-state index is 0.0178. The second kappa shape index (κ2) is 4.87. The second-order valence-electron chi connectivity index (χ2n) is 4.17. The van der Waals surface area contributed by atoms with Crippen molar-refractivity contribution in [2.75, 3.05) is 11.1 Å². The van der Waals surface area contributed by atoms with Crippen molar-refractivity contribution in [1.82, 2.24) is 0 Å². The van der Waals surface area contributed by atoms with Crippen molar-refractivity contribution in [2.45, 2.75) is 19.6 Å². The third kappa shape index (κ3) is 3.21. The Balaban J connectivity index is 2.20. The van der Waals surface area contributed by atoms with Crippen LogP contribution in [0.2, 0.25) is 0 Å². The molecule has 1 heterocycles. The SMILES string of the molecule is Cc1ccc(CNc2ccc(N)cc2C(F)(F)F)o1. The molecule has 2 aromatic rings. The summed E-state index contributed by atoms with van der Waals surface area (Å²) in [6.07, 6.45) is -4.45. The van der Waals surface area contributed by atoms with Gasteiger partial charge in [0.2, 0.25) is 0 Å². The van der Waals surface area contributed by atoms with Crippen LogP contribution in [0.4, 0.5) is 24.5 Å². The lowest BCUT2D eigenvalue weighted by Crippen LogP contribution is -2.11. The average molecular weight is 270 g/mol. The monoisotopic (exact) mass is 270 g/mol. The first-order chi connectivity index (χ1) is 8.86. The van der Waals surface area contributed by atoms with Crippen LogP contribution in [-0.4, -0.2) is 0 Å². The van der Waals surface area contributed by atoms with E-state index < -0.39 is 11.7 Å². The molecule has 1 aromatic heterocycles. The Morgan fingerprint density at radius 3 is 2.53 bits per heavy atom. The van der Waals surface area contributed by atoms with E-state index in [1.165, 1.54) is 12.1 Å². The van der Waals surface area contributed by atoms with Gasteiger partial charge >= 0.3 is 6.18 Å². The van der Waals surface area contributed by atoms with E-state index in [1.807, 2.05) is 0 Å². The lowest BCUT2D eigenvalue weighted by atomic mass is 10.1.